The van der Waals surface area contributed by atoms with Crippen molar-refractivity contribution in [1.29, 1.82) is 0 Å². The van der Waals surface area contributed by atoms with Crippen LogP contribution in [0.2, 0.25) is 0 Å². The summed E-state index contributed by atoms with van der Waals surface area (Å²) >= 11 is 0. The van der Waals surface area contributed by atoms with Crippen LogP contribution in [0, 0.1) is 5.82 Å². The summed E-state index contributed by atoms with van der Waals surface area (Å²) in [5.41, 5.74) is 0.966. The lowest BCUT2D eigenvalue weighted by atomic mass is 9.99. The Bertz CT molecular complexity index is 399. The molecule has 4 heteroatoms. The summed E-state index contributed by atoms with van der Waals surface area (Å²) in [6, 6.07) is 6.87. The minimum Gasteiger partial charge on any atom is -0.374 e. The summed E-state index contributed by atoms with van der Waals surface area (Å²) < 4.78 is 19.3. The zero-order valence-corrected chi connectivity index (χ0v) is 11.7. The third-order valence-electron chi connectivity index (χ3n) is 3.49. The standard InChI is InChI=1S/C15H23FN2O/c1-3-7-17-15(12-5-4-6-13(16)10-12)14-11-18(2)8-9-19-14/h4-6,10,14-15,17H,3,7-9,11H2,1-2H3. The molecule has 0 radical (unpaired) electrons. The highest BCUT2D eigenvalue weighted by atomic mass is 19.1. The van der Waals surface area contributed by atoms with Crippen molar-refractivity contribution in [3.05, 3.63) is 35.6 Å². The van der Waals surface area contributed by atoms with Crippen LogP contribution in [0.25, 0.3) is 0 Å². The maximum absolute atomic E-state index is 13.4. The molecule has 0 aliphatic carbocycles. The molecule has 0 amide bonds. The van der Waals surface area contributed by atoms with Crippen LogP contribution in [-0.2, 0) is 4.74 Å². The summed E-state index contributed by atoms with van der Waals surface area (Å²) in [7, 11) is 2.10. The van der Waals surface area contributed by atoms with Gasteiger partial charge in [-0.1, -0.05) is 19.1 Å². The van der Waals surface area contributed by atoms with E-state index in [9.17, 15) is 4.39 Å². The number of hydrogen-bond donors (Lipinski definition) is 1. The number of benzene rings is 1. The third kappa shape index (κ3) is 4.00. The first-order valence-electron chi connectivity index (χ1n) is 6.99. The fourth-order valence-corrected chi connectivity index (χ4v) is 2.48. The van der Waals surface area contributed by atoms with Gasteiger partial charge in [0.2, 0.25) is 0 Å². The number of morpholine rings is 1. The SMILES string of the molecule is CCCNC(c1cccc(F)c1)C1CN(C)CCO1. The highest BCUT2D eigenvalue weighted by Gasteiger charge is 2.27. The van der Waals surface area contributed by atoms with Gasteiger partial charge in [0.05, 0.1) is 18.8 Å². The van der Waals surface area contributed by atoms with Crippen molar-refractivity contribution in [2.75, 3.05) is 33.3 Å². The number of hydrogen-bond acceptors (Lipinski definition) is 3. The topological polar surface area (TPSA) is 24.5 Å². The molecule has 1 aliphatic rings. The van der Waals surface area contributed by atoms with Crippen molar-refractivity contribution >= 4 is 0 Å². The minimum atomic E-state index is -0.190. The van der Waals surface area contributed by atoms with Crippen LogP contribution >= 0.6 is 0 Å². The van der Waals surface area contributed by atoms with Gasteiger partial charge in [-0.2, -0.15) is 0 Å². The molecular formula is C15H23FN2O. The molecular weight excluding hydrogens is 243 g/mol. The first-order valence-corrected chi connectivity index (χ1v) is 6.99. The van der Waals surface area contributed by atoms with E-state index >= 15 is 0 Å². The lowest BCUT2D eigenvalue weighted by Gasteiger charge is -2.36. The maximum Gasteiger partial charge on any atom is 0.123 e. The molecule has 1 aromatic carbocycles. The van der Waals surface area contributed by atoms with Crippen molar-refractivity contribution in [2.45, 2.75) is 25.5 Å². The normalized spacial score (nSPS) is 22.4. The van der Waals surface area contributed by atoms with Crippen molar-refractivity contribution in [3.8, 4) is 0 Å². The molecule has 2 rings (SSSR count). The molecule has 0 saturated carbocycles. The second-order valence-corrected chi connectivity index (χ2v) is 5.16. The van der Waals surface area contributed by atoms with Gasteiger partial charge in [0, 0.05) is 13.1 Å². The van der Waals surface area contributed by atoms with Crippen molar-refractivity contribution in [2.24, 2.45) is 0 Å². The lowest BCUT2D eigenvalue weighted by molar-refractivity contribution is -0.0392. The molecule has 19 heavy (non-hydrogen) atoms. The molecule has 1 heterocycles. The molecule has 1 aliphatic heterocycles. The van der Waals surface area contributed by atoms with E-state index < -0.39 is 0 Å². The molecule has 1 aromatic rings. The van der Waals surface area contributed by atoms with E-state index in [0.717, 1.165) is 38.2 Å². The van der Waals surface area contributed by atoms with Gasteiger partial charge in [0.1, 0.15) is 5.82 Å². The molecule has 1 saturated heterocycles. The summed E-state index contributed by atoms with van der Waals surface area (Å²) in [6.07, 6.45) is 1.13. The van der Waals surface area contributed by atoms with Gasteiger partial charge in [-0.05, 0) is 37.7 Å². The molecule has 0 spiro atoms. The smallest absolute Gasteiger partial charge is 0.123 e. The molecule has 3 nitrogen and oxygen atoms in total. The van der Waals surface area contributed by atoms with E-state index in [1.165, 1.54) is 6.07 Å². The van der Waals surface area contributed by atoms with E-state index in [2.05, 4.69) is 24.2 Å². The molecule has 1 N–H and O–H groups in total. The van der Waals surface area contributed by atoms with Gasteiger partial charge >= 0.3 is 0 Å². The summed E-state index contributed by atoms with van der Waals surface area (Å²) in [4.78, 5) is 2.26. The van der Waals surface area contributed by atoms with Gasteiger partial charge in [-0.25, -0.2) is 4.39 Å². The van der Waals surface area contributed by atoms with Crippen molar-refractivity contribution in [3.63, 3.8) is 0 Å². The number of halogens is 1. The summed E-state index contributed by atoms with van der Waals surface area (Å²) in [5.74, 6) is -0.190. The Morgan fingerprint density at radius 3 is 3.05 bits per heavy atom. The summed E-state index contributed by atoms with van der Waals surface area (Å²) in [5, 5.41) is 3.48. The Morgan fingerprint density at radius 1 is 1.53 bits per heavy atom. The van der Waals surface area contributed by atoms with Gasteiger partial charge in [-0.3, -0.25) is 0 Å². The van der Waals surface area contributed by atoms with Crippen molar-refractivity contribution < 1.29 is 9.13 Å². The molecule has 2 atom stereocenters. The largest absolute Gasteiger partial charge is 0.374 e. The van der Waals surface area contributed by atoms with Gasteiger partial charge < -0.3 is 15.0 Å². The molecule has 1 fully saturated rings. The Labute approximate surface area is 114 Å². The van der Waals surface area contributed by atoms with Crippen LogP contribution in [0.15, 0.2) is 24.3 Å². The second kappa shape index (κ2) is 6.98. The van der Waals surface area contributed by atoms with Crippen molar-refractivity contribution in [1.82, 2.24) is 10.2 Å². The number of likely N-dealkylation sites (N-methyl/N-ethyl adjacent to an activating group) is 1. The molecule has 0 bridgehead atoms. The van der Waals surface area contributed by atoms with Gasteiger partial charge in [0.15, 0.2) is 0 Å². The monoisotopic (exact) mass is 266 g/mol. The van der Waals surface area contributed by atoms with Crippen LogP contribution in [0.3, 0.4) is 0 Å². The predicted molar refractivity (Wildman–Crippen MR) is 74.7 cm³/mol. The minimum absolute atomic E-state index is 0.0541. The third-order valence-corrected chi connectivity index (χ3v) is 3.49. The van der Waals surface area contributed by atoms with E-state index in [1.807, 2.05) is 6.07 Å². The van der Waals surface area contributed by atoms with Gasteiger partial charge in [-0.15, -0.1) is 0 Å². The highest BCUT2D eigenvalue weighted by Crippen LogP contribution is 2.22. The fourth-order valence-electron chi connectivity index (χ4n) is 2.48. The highest BCUT2D eigenvalue weighted by molar-refractivity contribution is 5.21. The van der Waals surface area contributed by atoms with Crippen LogP contribution in [-0.4, -0.2) is 44.3 Å². The summed E-state index contributed by atoms with van der Waals surface area (Å²) in [6.45, 7) is 5.60. The Balaban J connectivity index is 2.14. The molecule has 2 unspecified atom stereocenters. The predicted octanol–water partition coefficient (Wildman–Crippen LogP) is 2.20. The number of nitrogens with zero attached hydrogens (tertiary/aromatic N) is 1. The number of rotatable bonds is 5. The van der Waals surface area contributed by atoms with E-state index in [4.69, 9.17) is 4.74 Å². The number of ether oxygens (including phenoxy) is 1. The molecule has 0 aromatic heterocycles. The molecule has 106 valence electrons. The van der Waals surface area contributed by atoms with Crippen LogP contribution in [0.1, 0.15) is 24.9 Å². The van der Waals surface area contributed by atoms with Gasteiger partial charge in [0.25, 0.3) is 0 Å². The zero-order chi connectivity index (χ0) is 13.7. The lowest BCUT2D eigenvalue weighted by Crippen LogP contribution is -2.46. The van der Waals surface area contributed by atoms with E-state index in [0.29, 0.717) is 0 Å². The van der Waals surface area contributed by atoms with Crippen LogP contribution < -0.4 is 5.32 Å². The zero-order valence-electron chi connectivity index (χ0n) is 11.7. The van der Waals surface area contributed by atoms with Crippen LogP contribution in [0.4, 0.5) is 4.39 Å². The fraction of sp³-hybridized carbons (Fsp3) is 0.600. The van der Waals surface area contributed by atoms with E-state index in [1.54, 1.807) is 12.1 Å². The first kappa shape index (κ1) is 14.4. The Kier molecular flexibility index (Phi) is 5.31. The Morgan fingerprint density at radius 2 is 2.37 bits per heavy atom. The Hall–Kier alpha value is -0.970. The number of nitrogens with one attached hydrogen (secondary N) is 1. The average Bonchev–Trinajstić information content (AvgIpc) is 2.39. The van der Waals surface area contributed by atoms with E-state index in [-0.39, 0.29) is 18.0 Å². The maximum atomic E-state index is 13.4. The second-order valence-electron chi connectivity index (χ2n) is 5.16. The van der Waals surface area contributed by atoms with Crippen LogP contribution in [0.5, 0.6) is 0 Å². The quantitative estimate of drug-likeness (QED) is 0.884. The average molecular weight is 266 g/mol. The first-order chi connectivity index (χ1) is 9.20.